The Labute approximate surface area is 177 Å². The number of benzene rings is 1. The number of aromatic nitrogens is 1. The fourth-order valence-electron chi connectivity index (χ4n) is 3.90. The molecular weight excluding hydrogens is 386 g/mol. The topological polar surface area (TPSA) is 63.7 Å². The van der Waals surface area contributed by atoms with Crippen LogP contribution in [0.5, 0.6) is 11.5 Å². The molecule has 158 valence electrons. The summed E-state index contributed by atoms with van der Waals surface area (Å²) in [7, 11) is 5.82. The average Bonchev–Trinajstić information content (AvgIpc) is 3.13. The Morgan fingerprint density at radius 3 is 2.59 bits per heavy atom. The molecule has 0 aliphatic heterocycles. The molecule has 0 unspecified atom stereocenters. The lowest BCUT2D eigenvalue weighted by atomic mass is 9.88. The van der Waals surface area contributed by atoms with E-state index in [0.717, 1.165) is 18.5 Å². The summed E-state index contributed by atoms with van der Waals surface area (Å²) < 4.78 is 11.2. The second kappa shape index (κ2) is 10.1. The smallest absolute Gasteiger partial charge is 0.251 e. The summed E-state index contributed by atoms with van der Waals surface area (Å²) in [5.74, 6) is 1.06. The zero-order valence-corrected chi connectivity index (χ0v) is 18.4. The molecule has 3 rings (SSSR count). The van der Waals surface area contributed by atoms with Gasteiger partial charge in [0.15, 0.2) is 11.5 Å². The molecule has 1 aliphatic carbocycles. The number of nitrogens with one attached hydrogen (secondary N) is 1. The van der Waals surface area contributed by atoms with Crippen LogP contribution < -0.4 is 14.8 Å². The fourth-order valence-corrected chi connectivity index (χ4v) is 4.45. The van der Waals surface area contributed by atoms with E-state index in [0.29, 0.717) is 30.2 Å². The number of methoxy groups -OCH3 is 1. The number of carbonyl (C=O) groups is 1. The highest BCUT2D eigenvalue weighted by Crippen LogP contribution is 2.31. The van der Waals surface area contributed by atoms with Crippen molar-refractivity contribution in [2.45, 2.75) is 50.7 Å². The van der Waals surface area contributed by atoms with Crippen molar-refractivity contribution in [2.75, 3.05) is 27.7 Å². The summed E-state index contributed by atoms with van der Waals surface area (Å²) in [6.07, 6.45) is 7.23. The Hall–Kier alpha value is -2.12. The fraction of sp³-hybridized carbons (Fsp3) is 0.545. The minimum Gasteiger partial charge on any atom is -0.493 e. The third-order valence-corrected chi connectivity index (χ3v) is 6.48. The molecule has 0 bridgehead atoms. The van der Waals surface area contributed by atoms with E-state index in [1.54, 1.807) is 30.8 Å². The number of rotatable bonds is 8. The van der Waals surface area contributed by atoms with Gasteiger partial charge in [0.1, 0.15) is 6.61 Å². The number of carbonyl (C=O) groups excluding carboxylic acids is 1. The Kier molecular flexibility index (Phi) is 7.50. The first-order valence-corrected chi connectivity index (χ1v) is 11.1. The molecule has 0 radical (unpaired) electrons. The van der Waals surface area contributed by atoms with Crippen LogP contribution in [-0.2, 0) is 6.61 Å². The van der Waals surface area contributed by atoms with Crippen LogP contribution in [0.3, 0.4) is 0 Å². The summed E-state index contributed by atoms with van der Waals surface area (Å²) >= 11 is 1.53. The summed E-state index contributed by atoms with van der Waals surface area (Å²) in [6.45, 7) is 1.03. The minimum absolute atomic E-state index is 0.0346. The highest BCUT2D eigenvalue weighted by Gasteiger charge is 2.33. The van der Waals surface area contributed by atoms with Crippen molar-refractivity contribution in [1.82, 2.24) is 15.2 Å². The second-order valence-electron chi connectivity index (χ2n) is 7.85. The molecule has 1 aliphatic rings. The molecule has 6 nitrogen and oxygen atoms in total. The Bertz CT molecular complexity index is 785. The molecule has 29 heavy (non-hydrogen) atoms. The van der Waals surface area contributed by atoms with Gasteiger partial charge in [-0.05, 0) is 45.1 Å². The van der Waals surface area contributed by atoms with Crippen molar-refractivity contribution in [3.05, 3.63) is 40.3 Å². The molecule has 1 fully saturated rings. The number of likely N-dealkylation sites (N-methyl/N-ethyl adjacent to an activating group) is 1. The third kappa shape index (κ3) is 5.48. The van der Waals surface area contributed by atoms with Crippen LogP contribution in [0.25, 0.3) is 0 Å². The molecule has 2 aromatic rings. The SMILES string of the molecule is COc1cc(C(=O)NCC2(N(C)C)CCCCCC2)ccc1OCc1cscn1. The molecule has 1 heterocycles. The van der Waals surface area contributed by atoms with Crippen LogP contribution in [0.1, 0.15) is 54.6 Å². The Morgan fingerprint density at radius 1 is 1.21 bits per heavy atom. The van der Waals surface area contributed by atoms with Crippen LogP contribution in [0.15, 0.2) is 29.1 Å². The standard InChI is InChI=1S/C22H31N3O3S/c1-25(2)22(10-6-4-5-7-11-22)15-23-21(26)17-8-9-19(20(12-17)27-3)28-13-18-14-29-16-24-18/h8-9,12,14,16H,4-7,10-11,13,15H2,1-3H3,(H,23,26). The van der Waals surface area contributed by atoms with Crippen molar-refractivity contribution >= 4 is 17.2 Å². The molecule has 7 heteroatoms. The zero-order valence-electron chi connectivity index (χ0n) is 17.6. The van der Waals surface area contributed by atoms with E-state index in [1.807, 2.05) is 5.38 Å². The molecule has 1 aromatic heterocycles. The first-order chi connectivity index (χ1) is 14.0. The third-order valence-electron chi connectivity index (χ3n) is 5.85. The molecule has 1 aromatic carbocycles. The van der Waals surface area contributed by atoms with Gasteiger partial charge in [-0.15, -0.1) is 11.3 Å². The summed E-state index contributed by atoms with van der Waals surface area (Å²) in [4.78, 5) is 19.3. The van der Waals surface area contributed by atoms with E-state index < -0.39 is 0 Å². The number of thiazole rings is 1. The van der Waals surface area contributed by atoms with Crippen LogP contribution in [0.2, 0.25) is 0 Å². The number of hydrogen-bond donors (Lipinski definition) is 1. The molecule has 0 atom stereocenters. The first kappa shape index (κ1) is 21.6. The lowest BCUT2D eigenvalue weighted by molar-refractivity contribution is 0.0868. The minimum atomic E-state index is -0.0835. The second-order valence-corrected chi connectivity index (χ2v) is 8.57. The predicted octanol–water partition coefficient (Wildman–Crippen LogP) is 4.12. The maximum absolute atomic E-state index is 12.8. The Balaban J connectivity index is 1.65. The molecule has 1 saturated carbocycles. The maximum Gasteiger partial charge on any atom is 0.251 e. The number of nitrogens with zero attached hydrogens (tertiary/aromatic N) is 2. The summed E-state index contributed by atoms with van der Waals surface area (Å²) in [5.41, 5.74) is 3.26. The maximum atomic E-state index is 12.8. The molecule has 1 amide bonds. The Morgan fingerprint density at radius 2 is 1.97 bits per heavy atom. The van der Waals surface area contributed by atoms with E-state index in [9.17, 15) is 4.79 Å². The summed E-state index contributed by atoms with van der Waals surface area (Å²) in [5, 5.41) is 5.10. The zero-order chi connectivity index (χ0) is 20.7. The van der Waals surface area contributed by atoms with Gasteiger partial charge < -0.3 is 19.7 Å². The predicted molar refractivity (Wildman–Crippen MR) is 116 cm³/mol. The van der Waals surface area contributed by atoms with Gasteiger partial charge in [0, 0.05) is 23.0 Å². The van der Waals surface area contributed by atoms with E-state index in [2.05, 4.69) is 29.3 Å². The lowest BCUT2D eigenvalue weighted by Gasteiger charge is -2.39. The highest BCUT2D eigenvalue weighted by atomic mass is 32.1. The first-order valence-electron chi connectivity index (χ1n) is 10.2. The molecule has 0 saturated heterocycles. The molecule has 1 N–H and O–H groups in total. The monoisotopic (exact) mass is 417 g/mol. The van der Waals surface area contributed by atoms with E-state index in [1.165, 1.54) is 37.0 Å². The molecular formula is C22H31N3O3S. The van der Waals surface area contributed by atoms with E-state index >= 15 is 0 Å². The van der Waals surface area contributed by atoms with Crippen molar-refractivity contribution in [1.29, 1.82) is 0 Å². The van der Waals surface area contributed by atoms with Crippen molar-refractivity contribution < 1.29 is 14.3 Å². The van der Waals surface area contributed by atoms with Crippen LogP contribution in [0, 0.1) is 0 Å². The van der Waals surface area contributed by atoms with Crippen molar-refractivity contribution in [3.63, 3.8) is 0 Å². The number of ether oxygens (including phenoxy) is 2. The van der Waals surface area contributed by atoms with Crippen LogP contribution >= 0.6 is 11.3 Å². The quantitative estimate of drug-likeness (QED) is 0.655. The van der Waals surface area contributed by atoms with Gasteiger partial charge >= 0.3 is 0 Å². The van der Waals surface area contributed by atoms with Crippen molar-refractivity contribution in [3.8, 4) is 11.5 Å². The van der Waals surface area contributed by atoms with Gasteiger partial charge in [0.2, 0.25) is 0 Å². The number of amides is 1. The number of hydrogen-bond acceptors (Lipinski definition) is 6. The van der Waals surface area contributed by atoms with Gasteiger partial charge in [0.05, 0.1) is 18.3 Å². The lowest BCUT2D eigenvalue weighted by Crippen LogP contribution is -2.52. The summed E-state index contributed by atoms with van der Waals surface area (Å²) in [6, 6.07) is 5.30. The van der Waals surface area contributed by atoms with E-state index in [4.69, 9.17) is 9.47 Å². The normalized spacial score (nSPS) is 16.3. The van der Waals surface area contributed by atoms with Gasteiger partial charge in [-0.25, -0.2) is 4.98 Å². The molecule has 0 spiro atoms. The highest BCUT2D eigenvalue weighted by molar-refractivity contribution is 7.07. The van der Waals surface area contributed by atoms with Crippen molar-refractivity contribution in [2.24, 2.45) is 0 Å². The van der Waals surface area contributed by atoms with Gasteiger partial charge in [0.25, 0.3) is 5.91 Å². The van der Waals surface area contributed by atoms with Crippen LogP contribution in [0.4, 0.5) is 0 Å². The largest absolute Gasteiger partial charge is 0.493 e. The van der Waals surface area contributed by atoms with Gasteiger partial charge in [-0.1, -0.05) is 25.7 Å². The van der Waals surface area contributed by atoms with Crippen LogP contribution in [-0.4, -0.2) is 49.1 Å². The van der Waals surface area contributed by atoms with E-state index in [-0.39, 0.29) is 11.4 Å². The van der Waals surface area contributed by atoms with Gasteiger partial charge in [-0.3, -0.25) is 4.79 Å². The van der Waals surface area contributed by atoms with Gasteiger partial charge in [-0.2, -0.15) is 0 Å². The average molecular weight is 418 g/mol.